The van der Waals surface area contributed by atoms with Gasteiger partial charge in [-0.05, 0) is 19.1 Å². The van der Waals surface area contributed by atoms with Crippen LogP contribution in [0.4, 0.5) is 0 Å². The van der Waals surface area contributed by atoms with Crippen molar-refractivity contribution in [2.24, 2.45) is 0 Å². The highest BCUT2D eigenvalue weighted by Gasteiger charge is 1.94. The molecule has 0 heterocycles. The molecule has 0 fully saturated rings. The number of hydrogen-bond donors (Lipinski definition) is 0. The van der Waals surface area contributed by atoms with Crippen molar-refractivity contribution in [2.45, 2.75) is 20.8 Å². The summed E-state index contributed by atoms with van der Waals surface area (Å²) in [5.74, 6) is 0.876. The molecule has 0 spiro atoms. The van der Waals surface area contributed by atoms with Crippen LogP contribution < -0.4 is 4.74 Å². The van der Waals surface area contributed by atoms with E-state index in [4.69, 9.17) is 18.9 Å². The first kappa shape index (κ1) is 18.9. The fraction of sp³-hybridized carbons (Fsp3) is 0.625. The molecule has 0 bridgehead atoms. The zero-order valence-corrected chi connectivity index (χ0v) is 13.2. The molecule has 0 radical (unpaired) electrons. The summed E-state index contributed by atoms with van der Waals surface area (Å²) in [5.41, 5.74) is 1.23. The molecule has 0 N–H and O–H groups in total. The van der Waals surface area contributed by atoms with E-state index in [2.05, 4.69) is 6.92 Å². The lowest BCUT2D eigenvalue weighted by atomic mass is 10.2. The van der Waals surface area contributed by atoms with Crippen LogP contribution in [0.3, 0.4) is 0 Å². The molecule has 0 aliphatic heterocycles. The fourth-order valence-electron chi connectivity index (χ4n) is 1.32. The Balaban J connectivity index is 0.00000172. The Labute approximate surface area is 123 Å². The number of methoxy groups -OCH3 is 1. The Morgan fingerprint density at radius 2 is 1.25 bits per heavy atom. The third kappa shape index (κ3) is 10.8. The highest BCUT2D eigenvalue weighted by atomic mass is 16.6. The number of benzene rings is 1. The summed E-state index contributed by atoms with van der Waals surface area (Å²) in [4.78, 5) is 0. The average Bonchev–Trinajstić information content (AvgIpc) is 2.49. The van der Waals surface area contributed by atoms with E-state index in [0.29, 0.717) is 39.6 Å². The Kier molecular flexibility index (Phi) is 13.5. The van der Waals surface area contributed by atoms with Crippen LogP contribution in [0.5, 0.6) is 5.75 Å². The van der Waals surface area contributed by atoms with Gasteiger partial charge in [-0.1, -0.05) is 31.5 Å². The van der Waals surface area contributed by atoms with E-state index in [0.717, 1.165) is 5.75 Å². The highest BCUT2D eigenvalue weighted by Crippen LogP contribution is 2.10. The molecule has 20 heavy (non-hydrogen) atoms. The number of rotatable bonds is 10. The van der Waals surface area contributed by atoms with E-state index in [1.807, 2.05) is 38.1 Å². The first-order valence-corrected chi connectivity index (χ1v) is 7.17. The summed E-state index contributed by atoms with van der Waals surface area (Å²) in [6.07, 6.45) is 0. The number of ether oxygens (including phenoxy) is 4. The van der Waals surface area contributed by atoms with Crippen LogP contribution in [-0.4, -0.2) is 46.8 Å². The van der Waals surface area contributed by atoms with E-state index in [1.165, 1.54) is 5.56 Å². The topological polar surface area (TPSA) is 36.9 Å². The minimum Gasteiger partial charge on any atom is -0.491 e. The van der Waals surface area contributed by atoms with Gasteiger partial charge in [0.25, 0.3) is 0 Å². The maximum atomic E-state index is 5.52. The lowest BCUT2D eigenvalue weighted by Gasteiger charge is -2.07. The van der Waals surface area contributed by atoms with Crippen LogP contribution >= 0.6 is 0 Å². The lowest BCUT2D eigenvalue weighted by molar-refractivity contribution is 0.0180. The molecule has 0 atom stereocenters. The van der Waals surface area contributed by atoms with E-state index in [9.17, 15) is 0 Å². The van der Waals surface area contributed by atoms with Gasteiger partial charge in [-0.3, -0.25) is 0 Å². The summed E-state index contributed by atoms with van der Waals surface area (Å²) in [7, 11) is 1.66. The summed E-state index contributed by atoms with van der Waals surface area (Å²) in [6.45, 7) is 9.59. The minimum atomic E-state index is 0.557. The van der Waals surface area contributed by atoms with Crippen LogP contribution in [0.2, 0.25) is 0 Å². The molecule has 1 aromatic carbocycles. The Hall–Kier alpha value is -1.10. The smallest absolute Gasteiger partial charge is 0.119 e. The third-order valence-corrected chi connectivity index (χ3v) is 2.32. The van der Waals surface area contributed by atoms with E-state index in [-0.39, 0.29) is 0 Å². The molecule has 0 unspecified atom stereocenters. The zero-order chi connectivity index (χ0) is 15.1. The Morgan fingerprint density at radius 3 is 1.80 bits per heavy atom. The predicted molar refractivity (Wildman–Crippen MR) is 81.5 cm³/mol. The maximum Gasteiger partial charge on any atom is 0.119 e. The van der Waals surface area contributed by atoms with Gasteiger partial charge in [0, 0.05) is 7.11 Å². The molecule has 0 saturated carbocycles. The molecule has 116 valence electrons. The molecule has 0 aliphatic carbocycles. The molecule has 1 aromatic rings. The predicted octanol–water partition coefficient (Wildman–Crippen LogP) is 3.08. The van der Waals surface area contributed by atoms with E-state index >= 15 is 0 Å². The van der Waals surface area contributed by atoms with Crippen LogP contribution in [0, 0.1) is 6.92 Å². The number of aryl methyl sites for hydroxylation is 1. The third-order valence-electron chi connectivity index (χ3n) is 2.32. The quantitative estimate of drug-likeness (QED) is 0.619. The SMILES string of the molecule is CC.COCCOCCOCCOc1ccc(C)cc1. The van der Waals surface area contributed by atoms with Gasteiger partial charge in [-0.2, -0.15) is 0 Å². The molecular formula is C16H28O4. The second-order valence-corrected chi connectivity index (χ2v) is 3.88. The summed E-state index contributed by atoms with van der Waals surface area (Å²) >= 11 is 0. The highest BCUT2D eigenvalue weighted by molar-refractivity contribution is 5.26. The Morgan fingerprint density at radius 1 is 0.750 bits per heavy atom. The molecule has 4 nitrogen and oxygen atoms in total. The van der Waals surface area contributed by atoms with Crippen LogP contribution in [-0.2, 0) is 14.2 Å². The minimum absolute atomic E-state index is 0.557. The van der Waals surface area contributed by atoms with Crippen molar-refractivity contribution < 1.29 is 18.9 Å². The molecule has 4 heteroatoms. The van der Waals surface area contributed by atoms with Crippen molar-refractivity contribution in [3.8, 4) is 5.75 Å². The van der Waals surface area contributed by atoms with E-state index < -0.39 is 0 Å². The first-order chi connectivity index (χ1) is 9.83. The van der Waals surface area contributed by atoms with Gasteiger partial charge < -0.3 is 18.9 Å². The van der Waals surface area contributed by atoms with Gasteiger partial charge >= 0.3 is 0 Å². The summed E-state index contributed by atoms with van der Waals surface area (Å²) < 4.78 is 21.0. The molecule has 0 aromatic heterocycles. The average molecular weight is 284 g/mol. The van der Waals surface area contributed by atoms with Crippen molar-refractivity contribution in [1.82, 2.24) is 0 Å². The van der Waals surface area contributed by atoms with Gasteiger partial charge in [-0.15, -0.1) is 0 Å². The van der Waals surface area contributed by atoms with E-state index in [1.54, 1.807) is 7.11 Å². The number of hydrogen-bond acceptors (Lipinski definition) is 4. The zero-order valence-electron chi connectivity index (χ0n) is 13.2. The largest absolute Gasteiger partial charge is 0.491 e. The van der Waals surface area contributed by atoms with Gasteiger partial charge in [0.05, 0.1) is 33.0 Å². The van der Waals surface area contributed by atoms with Crippen molar-refractivity contribution in [1.29, 1.82) is 0 Å². The molecule has 0 aliphatic rings. The summed E-state index contributed by atoms with van der Waals surface area (Å²) in [5, 5.41) is 0. The van der Waals surface area contributed by atoms with Gasteiger partial charge in [-0.25, -0.2) is 0 Å². The standard InChI is InChI=1S/C14H22O4.C2H6/c1-13-3-5-14(6-4-13)18-12-11-17-10-9-16-8-7-15-2;1-2/h3-6H,7-12H2,1-2H3;1-2H3. The second kappa shape index (κ2) is 14.3. The molecule has 0 saturated heterocycles. The van der Waals surface area contributed by atoms with Crippen LogP contribution in [0.25, 0.3) is 0 Å². The molecular weight excluding hydrogens is 256 g/mol. The lowest BCUT2D eigenvalue weighted by Crippen LogP contribution is -2.12. The summed E-state index contributed by atoms with van der Waals surface area (Å²) in [6, 6.07) is 7.98. The Bertz CT molecular complexity index is 298. The first-order valence-electron chi connectivity index (χ1n) is 7.17. The normalized spacial score (nSPS) is 9.80. The van der Waals surface area contributed by atoms with Crippen molar-refractivity contribution >= 4 is 0 Å². The maximum absolute atomic E-state index is 5.52. The fourth-order valence-corrected chi connectivity index (χ4v) is 1.32. The van der Waals surface area contributed by atoms with Crippen molar-refractivity contribution in [2.75, 3.05) is 46.8 Å². The van der Waals surface area contributed by atoms with Gasteiger partial charge in [0.1, 0.15) is 12.4 Å². The molecule has 1 rings (SSSR count). The van der Waals surface area contributed by atoms with Crippen LogP contribution in [0.1, 0.15) is 19.4 Å². The second-order valence-electron chi connectivity index (χ2n) is 3.88. The van der Waals surface area contributed by atoms with Gasteiger partial charge in [0.15, 0.2) is 0 Å². The van der Waals surface area contributed by atoms with Crippen molar-refractivity contribution in [3.63, 3.8) is 0 Å². The van der Waals surface area contributed by atoms with Gasteiger partial charge in [0.2, 0.25) is 0 Å². The molecule has 0 amide bonds. The van der Waals surface area contributed by atoms with Crippen molar-refractivity contribution in [3.05, 3.63) is 29.8 Å². The van der Waals surface area contributed by atoms with Crippen LogP contribution in [0.15, 0.2) is 24.3 Å². The monoisotopic (exact) mass is 284 g/mol.